The molecular weight excluding hydrogens is 422 g/mol. The van der Waals surface area contributed by atoms with Gasteiger partial charge in [-0.2, -0.15) is 18.2 Å². The summed E-state index contributed by atoms with van der Waals surface area (Å²) < 4.78 is 52.4. The van der Waals surface area contributed by atoms with Gasteiger partial charge in [0.05, 0.1) is 6.54 Å². The van der Waals surface area contributed by atoms with Crippen LogP contribution in [0.4, 0.5) is 29.2 Å². The van der Waals surface area contributed by atoms with Gasteiger partial charge in [0.1, 0.15) is 17.0 Å². The molecule has 0 saturated carbocycles. The van der Waals surface area contributed by atoms with E-state index in [1.807, 2.05) is 4.90 Å². The second kappa shape index (κ2) is 8.05. The van der Waals surface area contributed by atoms with Crippen LogP contribution in [0.2, 0.25) is 0 Å². The Labute approximate surface area is 173 Å². The molecule has 1 aliphatic heterocycles. The van der Waals surface area contributed by atoms with Crippen molar-refractivity contribution in [1.29, 1.82) is 0 Å². The van der Waals surface area contributed by atoms with Gasteiger partial charge in [-0.15, -0.1) is 11.3 Å². The molecule has 0 N–H and O–H groups in total. The molecule has 6 nitrogen and oxygen atoms in total. The molecule has 30 heavy (non-hydrogen) atoms. The molecule has 0 radical (unpaired) electrons. The normalized spacial score (nSPS) is 14.9. The SMILES string of the molecule is O=c1nc(N2CCN(c3ccc(F)cc3)CC2)ncn1Cc1ccc(C(F)(F)F)s1. The van der Waals surface area contributed by atoms with Crippen molar-refractivity contribution in [2.45, 2.75) is 12.7 Å². The van der Waals surface area contributed by atoms with Crippen LogP contribution in [0, 0.1) is 5.82 Å². The Morgan fingerprint density at radius 2 is 1.63 bits per heavy atom. The third-order valence-corrected chi connectivity index (χ3v) is 5.89. The molecule has 0 spiro atoms. The van der Waals surface area contributed by atoms with E-state index in [0.717, 1.165) is 11.8 Å². The lowest BCUT2D eigenvalue weighted by atomic mass is 10.2. The van der Waals surface area contributed by atoms with Crippen LogP contribution in [-0.2, 0) is 12.7 Å². The van der Waals surface area contributed by atoms with E-state index < -0.39 is 16.7 Å². The van der Waals surface area contributed by atoms with Crippen LogP contribution in [0.3, 0.4) is 0 Å². The number of aromatic nitrogens is 3. The third kappa shape index (κ3) is 4.45. The van der Waals surface area contributed by atoms with Gasteiger partial charge in [-0.1, -0.05) is 0 Å². The largest absolute Gasteiger partial charge is 0.425 e. The number of alkyl halides is 3. The summed E-state index contributed by atoms with van der Waals surface area (Å²) in [5.41, 5.74) is 0.351. The lowest BCUT2D eigenvalue weighted by molar-refractivity contribution is -0.134. The standard InChI is InChI=1S/C19H17F4N5OS/c20-13-1-3-14(4-2-13)26-7-9-27(10-8-26)17-24-12-28(18(29)25-17)11-15-5-6-16(30-15)19(21,22)23/h1-6,12H,7-11H2. The van der Waals surface area contributed by atoms with Crippen molar-refractivity contribution in [2.24, 2.45) is 0 Å². The van der Waals surface area contributed by atoms with Crippen LogP contribution in [0.1, 0.15) is 9.75 Å². The zero-order chi connectivity index (χ0) is 21.3. The molecule has 0 aliphatic carbocycles. The fourth-order valence-corrected chi connectivity index (χ4v) is 4.08. The van der Waals surface area contributed by atoms with Crippen molar-refractivity contribution in [1.82, 2.24) is 14.5 Å². The Morgan fingerprint density at radius 3 is 2.23 bits per heavy atom. The van der Waals surface area contributed by atoms with Crippen LogP contribution in [0.15, 0.2) is 47.5 Å². The number of hydrogen-bond donors (Lipinski definition) is 0. The van der Waals surface area contributed by atoms with E-state index in [1.54, 1.807) is 12.1 Å². The Balaban J connectivity index is 1.40. The minimum Gasteiger partial charge on any atom is -0.368 e. The second-order valence-electron chi connectivity index (χ2n) is 6.78. The maximum absolute atomic E-state index is 13.1. The monoisotopic (exact) mass is 439 g/mol. The number of anilines is 2. The lowest BCUT2D eigenvalue weighted by Gasteiger charge is -2.36. The summed E-state index contributed by atoms with van der Waals surface area (Å²) in [6.45, 7) is 2.47. The first-order valence-corrected chi connectivity index (χ1v) is 9.96. The van der Waals surface area contributed by atoms with Gasteiger partial charge in [0.25, 0.3) is 0 Å². The molecule has 4 rings (SSSR count). The Bertz CT molecular complexity index is 1070. The van der Waals surface area contributed by atoms with Crippen LogP contribution < -0.4 is 15.5 Å². The first kappa shape index (κ1) is 20.3. The highest BCUT2D eigenvalue weighted by Gasteiger charge is 2.32. The van der Waals surface area contributed by atoms with Crippen LogP contribution in [0.5, 0.6) is 0 Å². The van der Waals surface area contributed by atoms with Crippen molar-refractivity contribution >= 4 is 23.0 Å². The van der Waals surface area contributed by atoms with E-state index in [9.17, 15) is 22.4 Å². The smallest absolute Gasteiger partial charge is 0.368 e. The van der Waals surface area contributed by atoms with Gasteiger partial charge in [-0.3, -0.25) is 4.57 Å². The third-order valence-electron chi connectivity index (χ3n) is 4.78. The average molecular weight is 439 g/mol. The molecule has 0 amide bonds. The number of halogens is 4. The molecule has 11 heteroatoms. The lowest BCUT2D eigenvalue weighted by Crippen LogP contribution is -2.47. The molecule has 1 saturated heterocycles. The van der Waals surface area contributed by atoms with Crippen LogP contribution >= 0.6 is 11.3 Å². The molecule has 3 aromatic rings. The molecule has 158 valence electrons. The number of thiophene rings is 1. The molecular formula is C19H17F4N5OS. The molecule has 1 aromatic carbocycles. The van der Waals surface area contributed by atoms with E-state index in [1.165, 1.54) is 29.1 Å². The average Bonchev–Trinajstić information content (AvgIpc) is 3.20. The zero-order valence-electron chi connectivity index (χ0n) is 15.6. The van der Waals surface area contributed by atoms with E-state index in [-0.39, 0.29) is 18.3 Å². The predicted octanol–water partition coefficient (Wildman–Crippen LogP) is 3.23. The van der Waals surface area contributed by atoms with Gasteiger partial charge in [-0.05, 0) is 36.4 Å². The molecule has 1 fully saturated rings. The number of rotatable bonds is 4. The first-order chi connectivity index (χ1) is 14.3. The number of benzene rings is 1. The van der Waals surface area contributed by atoms with Gasteiger partial charge in [-0.25, -0.2) is 14.2 Å². The Morgan fingerprint density at radius 1 is 0.967 bits per heavy atom. The molecule has 3 heterocycles. The fourth-order valence-electron chi connectivity index (χ4n) is 3.21. The van der Waals surface area contributed by atoms with Gasteiger partial charge < -0.3 is 9.80 Å². The highest BCUT2D eigenvalue weighted by atomic mass is 32.1. The summed E-state index contributed by atoms with van der Waals surface area (Å²) in [5.74, 6) is 0.000644. The van der Waals surface area contributed by atoms with E-state index in [2.05, 4.69) is 14.9 Å². The van der Waals surface area contributed by atoms with Crippen LogP contribution in [0.25, 0.3) is 0 Å². The van der Waals surface area contributed by atoms with Gasteiger partial charge in [0, 0.05) is 36.7 Å². The van der Waals surface area contributed by atoms with E-state index in [0.29, 0.717) is 42.4 Å². The molecule has 1 aliphatic rings. The summed E-state index contributed by atoms with van der Waals surface area (Å²) in [5, 5.41) is 0. The molecule has 0 unspecified atom stereocenters. The number of piperazine rings is 1. The Hall–Kier alpha value is -2.95. The first-order valence-electron chi connectivity index (χ1n) is 9.14. The predicted molar refractivity (Wildman–Crippen MR) is 106 cm³/mol. The topological polar surface area (TPSA) is 54.3 Å². The minimum atomic E-state index is -4.40. The summed E-state index contributed by atoms with van der Waals surface area (Å²) in [6, 6.07) is 8.61. The summed E-state index contributed by atoms with van der Waals surface area (Å²) in [7, 11) is 0. The van der Waals surface area contributed by atoms with Gasteiger partial charge in [0.2, 0.25) is 5.95 Å². The zero-order valence-corrected chi connectivity index (χ0v) is 16.5. The minimum absolute atomic E-state index is 0.0157. The summed E-state index contributed by atoms with van der Waals surface area (Å²) in [6.07, 6.45) is -3.09. The number of nitrogens with zero attached hydrogens (tertiary/aromatic N) is 5. The van der Waals surface area contributed by atoms with Crippen LogP contribution in [-0.4, -0.2) is 40.7 Å². The number of hydrogen-bond acceptors (Lipinski definition) is 6. The van der Waals surface area contributed by atoms with Crippen molar-refractivity contribution in [2.75, 3.05) is 36.0 Å². The van der Waals surface area contributed by atoms with Crippen molar-refractivity contribution in [3.8, 4) is 0 Å². The Kier molecular flexibility index (Phi) is 5.46. The maximum Gasteiger partial charge on any atom is 0.425 e. The quantitative estimate of drug-likeness (QED) is 0.585. The fraction of sp³-hybridized carbons (Fsp3) is 0.316. The summed E-state index contributed by atoms with van der Waals surface area (Å²) >= 11 is 0.595. The van der Waals surface area contributed by atoms with Crippen molar-refractivity contribution in [3.05, 3.63) is 68.8 Å². The molecule has 0 bridgehead atoms. The highest BCUT2D eigenvalue weighted by Crippen LogP contribution is 2.34. The van der Waals surface area contributed by atoms with E-state index in [4.69, 9.17) is 0 Å². The van der Waals surface area contributed by atoms with Crippen molar-refractivity contribution < 1.29 is 17.6 Å². The molecule has 2 aromatic heterocycles. The maximum atomic E-state index is 13.1. The second-order valence-corrected chi connectivity index (χ2v) is 7.95. The van der Waals surface area contributed by atoms with E-state index >= 15 is 0 Å². The summed E-state index contributed by atoms with van der Waals surface area (Å²) in [4.78, 5) is 24.2. The van der Waals surface area contributed by atoms with Gasteiger partial charge in [0.15, 0.2) is 0 Å². The van der Waals surface area contributed by atoms with Crippen molar-refractivity contribution in [3.63, 3.8) is 0 Å². The van der Waals surface area contributed by atoms with Gasteiger partial charge >= 0.3 is 11.9 Å². The highest BCUT2D eigenvalue weighted by molar-refractivity contribution is 7.12. The molecule has 0 atom stereocenters.